The van der Waals surface area contributed by atoms with Gasteiger partial charge in [-0.25, -0.2) is 0 Å². The first kappa shape index (κ1) is 9.74. The predicted molar refractivity (Wildman–Crippen MR) is 57.5 cm³/mol. The minimum Gasteiger partial charge on any atom is -0.0654 e. The fraction of sp³-hybridized carbons (Fsp3) is 0.455. The molecule has 0 aliphatic carbocycles. The van der Waals surface area contributed by atoms with Crippen LogP contribution in [0.15, 0.2) is 24.3 Å². The average Bonchev–Trinajstić information content (AvgIpc) is 2.09. The van der Waals surface area contributed by atoms with E-state index in [0.717, 1.165) is 0 Å². The van der Waals surface area contributed by atoms with Crippen LogP contribution in [0.25, 0.3) is 0 Å². The van der Waals surface area contributed by atoms with Gasteiger partial charge in [-0.15, -0.1) is 0 Å². The summed E-state index contributed by atoms with van der Waals surface area (Å²) >= 11 is 0. The Bertz CT molecular complexity index is 213. The highest BCUT2D eigenvalue weighted by Gasteiger charge is 1.92. The molecule has 1 radical (unpaired) electrons. The van der Waals surface area contributed by atoms with Crippen molar-refractivity contribution in [3.05, 3.63) is 29.8 Å². The lowest BCUT2D eigenvalue weighted by Crippen LogP contribution is -1.94. The molecule has 0 saturated heterocycles. The molecular weight excluding hydrogens is 163 g/mol. The molecule has 65 valence electrons. The third-order valence-electron chi connectivity index (χ3n) is 1.84. The van der Waals surface area contributed by atoms with Gasteiger partial charge in [-0.2, -0.15) is 0 Å². The van der Waals surface area contributed by atoms with Crippen LogP contribution in [0.3, 0.4) is 0 Å². The molecule has 12 heavy (non-hydrogen) atoms. The molecule has 0 nitrogen and oxygen atoms in total. The van der Waals surface area contributed by atoms with Gasteiger partial charge in [0, 0.05) is 0 Å². The molecule has 0 saturated carbocycles. The smallest absolute Gasteiger partial charge is 0.0193 e. The molecule has 0 aliphatic heterocycles. The average molecular weight is 179 g/mol. The van der Waals surface area contributed by atoms with Crippen molar-refractivity contribution in [2.24, 2.45) is 0 Å². The summed E-state index contributed by atoms with van der Waals surface area (Å²) in [5.41, 5.74) is 1.35. The molecule has 1 aromatic carbocycles. The van der Waals surface area contributed by atoms with Crippen molar-refractivity contribution < 1.29 is 0 Å². The molecule has 0 aliphatic rings. The van der Waals surface area contributed by atoms with Gasteiger partial charge in [-0.05, 0) is 33.4 Å². The predicted octanol–water partition coefficient (Wildman–Crippen LogP) is 3.37. The Kier molecular flexibility index (Phi) is 4.32. The Balaban J connectivity index is 2.37. The lowest BCUT2D eigenvalue weighted by molar-refractivity contribution is 0.895. The standard InChI is InChI=1S/C11H16P/c1-3-4-9-12-11-7-5-10(2)6-8-11/h5-8H,3-4,9H2,1-2H3. The molecule has 0 aromatic heterocycles. The van der Waals surface area contributed by atoms with Crippen LogP contribution in [0, 0.1) is 6.92 Å². The van der Waals surface area contributed by atoms with Gasteiger partial charge in [0.25, 0.3) is 0 Å². The van der Waals surface area contributed by atoms with Gasteiger partial charge >= 0.3 is 0 Å². The number of aryl methyl sites for hydroxylation is 1. The first-order chi connectivity index (χ1) is 5.83. The van der Waals surface area contributed by atoms with Crippen LogP contribution < -0.4 is 5.30 Å². The maximum atomic E-state index is 2.24. The van der Waals surface area contributed by atoms with Gasteiger partial charge < -0.3 is 0 Å². The molecular formula is C11H16P. The van der Waals surface area contributed by atoms with E-state index in [4.69, 9.17) is 0 Å². The van der Waals surface area contributed by atoms with Crippen LogP contribution in [0.1, 0.15) is 25.3 Å². The maximum Gasteiger partial charge on any atom is -0.0193 e. The largest absolute Gasteiger partial charge is 0.0654 e. The van der Waals surface area contributed by atoms with Gasteiger partial charge in [0.05, 0.1) is 0 Å². The summed E-state index contributed by atoms with van der Waals surface area (Å²) in [5.74, 6) is 0. The fourth-order valence-corrected chi connectivity index (χ4v) is 2.11. The molecule has 0 heterocycles. The molecule has 1 aromatic rings. The minimum absolute atomic E-state index is 1.30. The zero-order valence-corrected chi connectivity index (χ0v) is 8.77. The summed E-state index contributed by atoms with van der Waals surface area (Å²) in [7, 11) is 1.48. The number of hydrogen-bond donors (Lipinski definition) is 0. The van der Waals surface area contributed by atoms with Gasteiger partial charge in [0.1, 0.15) is 0 Å². The third kappa shape index (κ3) is 3.36. The van der Waals surface area contributed by atoms with E-state index in [1.54, 1.807) is 0 Å². The zero-order chi connectivity index (χ0) is 8.81. The van der Waals surface area contributed by atoms with E-state index < -0.39 is 0 Å². The number of hydrogen-bond acceptors (Lipinski definition) is 0. The van der Waals surface area contributed by atoms with E-state index in [2.05, 4.69) is 38.1 Å². The monoisotopic (exact) mass is 179 g/mol. The summed E-state index contributed by atoms with van der Waals surface area (Å²) in [4.78, 5) is 0. The molecule has 0 fully saturated rings. The third-order valence-corrected chi connectivity index (χ3v) is 3.04. The molecule has 0 amide bonds. The SMILES string of the molecule is CCCC[P]c1ccc(C)cc1. The number of rotatable bonds is 4. The Morgan fingerprint density at radius 3 is 2.42 bits per heavy atom. The lowest BCUT2D eigenvalue weighted by Gasteiger charge is -1.99. The summed E-state index contributed by atoms with van der Waals surface area (Å²) < 4.78 is 0. The zero-order valence-electron chi connectivity index (χ0n) is 7.88. The maximum absolute atomic E-state index is 2.24. The Morgan fingerprint density at radius 1 is 1.17 bits per heavy atom. The normalized spacial score (nSPS) is 11.2. The molecule has 0 bridgehead atoms. The minimum atomic E-state index is 1.30. The van der Waals surface area contributed by atoms with Crippen LogP contribution in [0.2, 0.25) is 0 Å². The highest BCUT2D eigenvalue weighted by molar-refractivity contribution is 7.47. The van der Waals surface area contributed by atoms with Crippen molar-refractivity contribution in [3.63, 3.8) is 0 Å². The number of benzene rings is 1. The van der Waals surface area contributed by atoms with Gasteiger partial charge in [-0.3, -0.25) is 0 Å². The summed E-state index contributed by atoms with van der Waals surface area (Å²) in [6.45, 7) is 4.37. The van der Waals surface area contributed by atoms with Crippen LogP contribution in [-0.2, 0) is 0 Å². The van der Waals surface area contributed by atoms with Crippen molar-refractivity contribution in [2.75, 3.05) is 6.16 Å². The second-order valence-corrected chi connectivity index (χ2v) is 4.35. The van der Waals surface area contributed by atoms with Crippen molar-refractivity contribution in [1.29, 1.82) is 0 Å². The van der Waals surface area contributed by atoms with E-state index in [1.165, 1.54) is 38.5 Å². The van der Waals surface area contributed by atoms with Crippen LogP contribution in [0.4, 0.5) is 0 Å². The van der Waals surface area contributed by atoms with Crippen LogP contribution >= 0.6 is 8.58 Å². The highest BCUT2D eigenvalue weighted by Crippen LogP contribution is 2.12. The Morgan fingerprint density at radius 2 is 1.83 bits per heavy atom. The lowest BCUT2D eigenvalue weighted by atomic mass is 10.2. The van der Waals surface area contributed by atoms with Crippen molar-refractivity contribution in [2.45, 2.75) is 26.7 Å². The second kappa shape index (κ2) is 5.32. The van der Waals surface area contributed by atoms with Gasteiger partial charge in [-0.1, -0.05) is 43.2 Å². The first-order valence-corrected chi connectivity index (χ1v) is 5.65. The quantitative estimate of drug-likeness (QED) is 0.491. The molecule has 1 heteroatoms. The summed E-state index contributed by atoms with van der Waals surface area (Å²) in [6, 6.07) is 8.83. The molecule has 1 rings (SSSR count). The molecule has 0 atom stereocenters. The molecule has 0 unspecified atom stereocenters. The Hall–Kier alpha value is -0.350. The highest BCUT2D eigenvalue weighted by atomic mass is 31.1. The van der Waals surface area contributed by atoms with Crippen molar-refractivity contribution in [3.8, 4) is 0 Å². The second-order valence-electron chi connectivity index (χ2n) is 3.07. The molecule has 0 spiro atoms. The molecule has 0 N–H and O–H groups in total. The van der Waals surface area contributed by atoms with Gasteiger partial charge in [0.2, 0.25) is 0 Å². The van der Waals surface area contributed by atoms with E-state index in [9.17, 15) is 0 Å². The summed E-state index contributed by atoms with van der Waals surface area (Å²) in [5, 5.41) is 1.45. The van der Waals surface area contributed by atoms with E-state index in [1.807, 2.05) is 0 Å². The first-order valence-electron chi connectivity index (χ1n) is 4.57. The summed E-state index contributed by atoms with van der Waals surface area (Å²) in [6.07, 6.45) is 3.95. The van der Waals surface area contributed by atoms with Crippen LogP contribution in [0.5, 0.6) is 0 Å². The van der Waals surface area contributed by atoms with Crippen molar-refractivity contribution >= 4 is 13.9 Å². The van der Waals surface area contributed by atoms with E-state index >= 15 is 0 Å². The number of unbranched alkanes of at least 4 members (excludes halogenated alkanes) is 1. The van der Waals surface area contributed by atoms with Gasteiger partial charge in [0.15, 0.2) is 0 Å². The van der Waals surface area contributed by atoms with Crippen LogP contribution in [-0.4, -0.2) is 6.16 Å². The Labute approximate surface area is 77.2 Å². The van der Waals surface area contributed by atoms with Crippen molar-refractivity contribution in [1.82, 2.24) is 0 Å². The topological polar surface area (TPSA) is 0 Å². The van der Waals surface area contributed by atoms with E-state index in [0.29, 0.717) is 0 Å². The van der Waals surface area contributed by atoms with E-state index in [-0.39, 0.29) is 0 Å². The fourth-order valence-electron chi connectivity index (χ4n) is 1.02.